The number of benzene rings is 1. The van der Waals surface area contributed by atoms with Gasteiger partial charge in [-0.1, -0.05) is 17.3 Å². The van der Waals surface area contributed by atoms with Crippen molar-refractivity contribution in [3.8, 4) is 0 Å². The van der Waals surface area contributed by atoms with Gasteiger partial charge < -0.3 is 10.7 Å². The highest BCUT2D eigenvalue weighted by molar-refractivity contribution is 6.40. The minimum Gasteiger partial charge on any atom is -0.412 e. The van der Waals surface area contributed by atoms with Gasteiger partial charge >= 0.3 is 0 Å². The monoisotopic (exact) mass is 269 g/mol. The molecule has 1 aliphatic rings. The van der Waals surface area contributed by atoms with Crippen molar-refractivity contribution in [3.05, 3.63) is 39.9 Å². The van der Waals surface area contributed by atoms with E-state index < -0.39 is 16.9 Å². The number of carbonyl (C=O) groups excluding carboxylic acids is 1. The molecule has 1 amide bonds. The molecule has 1 aromatic rings. The van der Waals surface area contributed by atoms with Crippen molar-refractivity contribution >= 4 is 17.3 Å². The Morgan fingerprint density at radius 2 is 1.95 bits per heavy atom. The van der Waals surface area contributed by atoms with Crippen molar-refractivity contribution in [2.24, 2.45) is 5.16 Å². The smallest absolute Gasteiger partial charge is 0.295 e. The third kappa shape index (κ3) is 2.51. The molecule has 0 radical (unpaired) electrons. The largest absolute Gasteiger partial charge is 0.412 e. The van der Waals surface area contributed by atoms with Crippen LogP contribution in [0.4, 0.5) is 5.69 Å². The highest BCUT2D eigenvalue weighted by Crippen LogP contribution is 2.30. The second-order valence-electron chi connectivity index (χ2n) is 3.76. The molecule has 1 fully saturated rings. The summed E-state index contributed by atoms with van der Waals surface area (Å²) in [6.45, 7) is 0. The predicted octanol–water partition coefficient (Wildman–Crippen LogP) is 0.263. The summed E-state index contributed by atoms with van der Waals surface area (Å²) in [6, 6.07) is 4.76. The van der Waals surface area contributed by atoms with Gasteiger partial charge in [-0.05, 0) is 5.56 Å². The molecule has 0 bridgehead atoms. The first-order chi connectivity index (χ1) is 8.54. The zero-order valence-electron chi connectivity index (χ0n) is 9.55. The van der Waals surface area contributed by atoms with Gasteiger partial charge in [-0.2, -0.15) is 0 Å². The summed E-state index contributed by atoms with van der Waals surface area (Å²) in [5.41, 5.74) is 0.291. The van der Waals surface area contributed by atoms with Gasteiger partial charge in [0.2, 0.25) is 0 Å². The average molecular weight is 269 g/mol. The molecular formula is C10H11N3O6. The maximum atomic E-state index is 11.4. The van der Waals surface area contributed by atoms with Crippen molar-refractivity contribution < 1.29 is 25.6 Å². The Kier molecular flexibility index (Phi) is 4.14. The minimum atomic E-state index is -0.777. The number of carbonyl (C=O) groups is 1. The van der Waals surface area contributed by atoms with E-state index in [-0.39, 0.29) is 23.3 Å². The van der Waals surface area contributed by atoms with Crippen LogP contribution in [0.1, 0.15) is 18.0 Å². The van der Waals surface area contributed by atoms with Crippen molar-refractivity contribution in [1.29, 1.82) is 0 Å². The molecule has 0 aromatic heterocycles. The fourth-order valence-corrected chi connectivity index (χ4v) is 1.79. The van der Waals surface area contributed by atoms with E-state index in [9.17, 15) is 20.1 Å². The molecule has 9 nitrogen and oxygen atoms in total. The van der Waals surface area contributed by atoms with Crippen LogP contribution in [0.25, 0.3) is 0 Å². The molecule has 0 spiro atoms. The van der Waals surface area contributed by atoms with Crippen LogP contribution in [0.3, 0.4) is 0 Å². The Balaban J connectivity index is 0.00000180. The van der Waals surface area contributed by atoms with E-state index in [1.165, 1.54) is 24.3 Å². The summed E-state index contributed by atoms with van der Waals surface area (Å²) in [6.07, 6.45) is 0.0453. The summed E-state index contributed by atoms with van der Waals surface area (Å²) in [4.78, 5) is 21.3. The second kappa shape index (κ2) is 5.42. The summed E-state index contributed by atoms with van der Waals surface area (Å²) < 4.78 is 0. The van der Waals surface area contributed by atoms with E-state index in [1.807, 2.05) is 0 Å². The molecule has 9 heteroatoms. The van der Waals surface area contributed by atoms with Crippen LogP contribution in [0.15, 0.2) is 29.4 Å². The number of hydrogen-bond donors (Lipinski definition) is 2. The Morgan fingerprint density at radius 1 is 1.37 bits per heavy atom. The Bertz CT molecular complexity index is 527. The molecule has 2 rings (SSSR count). The van der Waals surface area contributed by atoms with Crippen LogP contribution in [0.5, 0.6) is 0 Å². The van der Waals surface area contributed by atoms with Gasteiger partial charge in [-0.15, -0.1) is 0 Å². The van der Waals surface area contributed by atoms with E-state index in [0.29, 0.717) is 10.6 Å². The van der Waals surface area contributed by atoms with E-state index in [4.69, 9.17) is 5.21 Å². The average Bonchev–Trinajstić information content (AvgIpc) is 2.66. The van der Waals surface area contributed by atoms with Gasteiger partial charge in [0.05, 0.1) is 11.0 Å². The normalized spacial score (nSPS) is 20.5. The standard InChI is InChI=1S/C10H9N3O5.H2O/c14-10-8(11-15)5-9(12(10)16)6-1-3-7(4-2-6)13(17)18;/h1-4,9,15-16H,5H2;1H2. The topological polar surface area (TPSA) is 148 Å². The van der Waals surface area contributed by atoms with Crippen LogP contribution in [0.2, 0.25) is 0 Å². The molecule has 1 unspecified atom stereocenters. The number of nitro benzene ring substituents is 1. The van der Waals surface area contributed by atoms with E-state index in [1.54, 1.807) is 0 Å². The first kappa shape index (κ1) is 14.5. The molecule has 1 atom stereocenters. The van der Waals surface area contributed by atoms with E-state index in [2.05, 4.69) is 5.16 Å². The molecule has 1 saturated heterocycles. The van der Waals surface area contributed by atoms with Crippen LogP contribution in [-0.4, -0.2) is 37.5 Å². The zero-order chi connectivity index (χ0) is 13.3. The third-order valence-electron chi connectivity index (χ3n) is 2.75. The van der Waals surface area contributed by atoms with Crippen LogP contribution >= 0.6 is 0 Å². The van der Waals surface area contributed by atoms with Gasteiger partial charge in [0, 0.05) is 18.6 Å². The molecular weight excluding hydrogens is 258 g/mol. The van der Waals surface area contributed by atoms with Gasteiger partial charge in [-0.25, -0.2) is 5.06 Å². The Morgan fingerprint density at radius 3 is 2.37 bits per heavy atom. The van der Waals surface area contributed by atoms with E-state index >= 15 is 0 Å². The minimum absolute atomic E-state index is 0. The summed E-state index contributed by atoms with van der Waals surface area (Å²) in [7, 11) is 0. The first-order valence-corrected chi connectivity index (χ1v) is 5.02. The molecule has 4 N–H and O–H groups in total. The van der Waals surface area contributed by atoms with Crippen LogP contribution in [-0.2, 0) is 4.79 Å². The molecule has 19 heavy (non-hydrogen) atoms. The van der Waals surface area contributed by atoms with Crippen molar-refractivity contribution in [2.45, 2.75) is 12.5 Å². The quantitative estimate of drug-likeness (QED) is 0.342. The lowest BCUT2D eigenvalue weighted by atomic mass is 10.0. The molecule has 1 heterocycles. The van der Waals surface area contributed by atoms with Crippen LogP contribution in [0, 0.1) is 10.1 Å². The number of hydrogen-bond acceptors (Lipinski definition) is 6. The van der Waals surface area contributed by atoms with Crippen molar-refractivity contribution in [3.63, 3.8) is 0 Å². The van der Waals surface area contributed by atoms with Gasteiger partial charge in [0.15, 0.2) is 0 Å². The molecule has 0 aliphatic carbocycles. The highest BCUT2D eigenvalue weighted by atomic mass is 16.6. The maximum absolute atomic E-state index is 11.4. The molecule has 102 valence electrons. The number of non-ortho nitro benzene ring substituents is 1. The zero-order valence-corrected chi connectivity index (χ0v) is 9.55. The van der Waals surface area contributed by atoms with Gasteiger partial charge in [-0.3, -0.25) is 20.1 Å². The van der Waals surface area contributed by atoms with E-state index in [0.717, 1.165) is 0 Å². The highest BCUT2D eigenvalue weighted by Gasteiger charge is 2.37. The Hall–Kier alpha value is -2.52. The van der Waals surface area contributed by atoms with Crippen molar-refractivity contribution in [2.75, 3.05) is 0 Å². The lowest BCUT2D eigenvalue weighted by Gasteiger charge is -2.16. The molecule has 1 aliphatic heterocycles. The number of amides is 1. The fourth-order valence-electron chi connectivity index (χ4n) is 1.79. The number of rotatable bonds is 2. The number of nitrogens with zero attached hydrogens (tertiary/aromatic N) is 3. The SMILES string of the molecule is O.O=C1C(=NO)CC(c2ccc([N+](=O)[O-])cc2)N1O. The van der Waals surface area contributed by atoms with Gasteiger partial charge in [0.25, 0.3) is 11.6 Å². The van der Waals surface area contributed by atoms with Crippen LogP contribution < -0.4 is 0 Å². The third-order valence-corrected chi connectivity index (χ3v) is 2.75. The van der Waals surface area contributed by atoms with Crippen molar-refractivity contribution in [1.82, 2.24) is 5.06 Å². The summed E-state index contributed by atoms with van der Waals surface area (Å²) >= 11 is 0. The number of hydroxylamine groups is 2. The number of nitro groups is 1. The summed E-state index contributed by atoms with van der Waals surface area (Å²) in [5.74, 6) is -0.777. The molecule has 1 aromatic carbocycles. The lowest BCUT2D eigenvalue weighted by molar-refractivity contribution is -0.384. The predicted molar refractivity (Wildman–Crippen MR) is 61.9 cm³/mol. The number of oxime groups is 1. The lowest BCUT2D eigenvalue weighted by Crippen LogP contribution is -2.25. The fraction of sp³-hybridized carbons (Fsp3) is 0.200. The molecule has 0 saturated carbocycles. The van der Waals surface area contributed by atoms with Gasteiger partial charge in [0.1, 0.15) is 5.71 Å². The summed E-state index contributed by atoms with van der Waals surface area (Å²) in [5, 5.41) is 31.9. The Labute approximate surface area is 106 Å². The first-order valence-electron chi connectivity index (χ1n) is 5.02. The second-order valence-corrected chi connectivity index (χ2v) is 3.76. The maximum Gasteiger partial charge on any atom is 0.295 e.